The van der Waals surface area contributed by atoms with E-state index in [1.807, 2.05) is 30.3 Å². The van der Waals surface area contributed by atoms with Crippen molar-refractivity contribution in [2.45, 2.75) is 58.1 Å². The molecular weight excluding hydrogens is 450 g/mol. The maximum atomic E-state index is 12.9. The SMILES string of the molecule is COC1=C2OC(C)(C)CC2C2=CN(c3cccc(C(=O)NCCc4ccncc4)c3)C(C)(C)CC2=C1. The van der Waals surface area contributed by atoms with E-state index in [1.54, 1.807) is 19.5 Å². The van der Waals surface area contributed by atoms with Crippen LogP contribution in [0.15, 0.2) is 83.7 Å². The van der Waals surface area contributed by atoms with Crippen LogP contribution in [0, 0.1) is 5.92 Å². The Bertz CT molecular complexity index is 1260. The molecule has 3 heterocycles. The fraction of sp³-hybridized carbons (Fsp3) is 0.400. The number of ether oxygens (including phenoxy) is 2. The average Bonchev–Trinajstić information content (AvgIpc) is 3.18. The molecular formula is C30H35N3O3. The lowest BCUT2D eigenvalue weighted by atomic mass is 9.75. The number of nitrogens with zero attached hydrogens (tertiary/aromatic N) is 2. The van der Waals surface area contributed by atoms with Gasteiger partial charge in [0.2, 0.25) is 0 Å². The first-order valence-electron chi connectivity index (χ1n) is 12.6. The van der Waals surface area contributed by atoms with Crippen LogP contribution in [-0.2, 0) is 15.9 Å². The first-order valence-corrected chi connectivity index (χ1v) is 12.6. The van der Waals surface area contributed by atoms with E-state index in [4.69, 9.17) is 9.47 Å². The summed E-state index contributed by atoms with van der Waals surface area (Å²) in [6, 6.07) is 11.9. The summed E-state index contributed by atoms with van der Waals surface area (Å²) in [6.07, 6.45) is 10.5. The molecule has 5 rings (SSSR count). The van der Waals surface area contributed by atoms with E-state index < -0.39 is 0 Å². The van der Waals surface area contributed by atoms with Crippen molar-refractivity contribution in [2.24, 2.45) is 5.92 Å². The minimum atomic E-state index is -0.236. The molecule has 0 saturated carbocycles. The third kappa shape index (κ3) is 4.64. The van der Waals surface area contributed by atoms with Crippen LogP contribution < -0.4 is 10.2 Å². The summed E-state index contributed by atoms with van der Waals surface area (Å²) in [5.74, 6) is 1.88. The number of benzene rings is 1. The summed E-state index contributed by atoms with van der Waals surface area (Å²) in [5.41, 5.74) is 5.00. The van der Waals surface area contributed by atoms with E-state index in [1.165, 1.54) is 11.1 Å². The minimum Gasteiger partial charge on any atom is -0.493 e. The second-order valence-electron chi connectivity index (χ2n) is 11.1. The predicted molar refractivity (Wildman–Crippen MR) is 141 cm³/mol. The van der Waals surface area contributed by atoms with Gasteiger partial charge in [0.1, 0.15) is 11.4 Å². The number of nitrogens with one attached hydrogen (secondary N) is 1. The standard InChI is InChI=1S/C30H35N3O3/c1-29(2)17-22-16-26(35-5)27-24(18-30(3,4)36-27)25(22)19-33(29)23-8-6-7-21(15-23)28(34)32-14-11-20-9-12-31-13-10-20/h6-10,12-13,15-16,19,24H,11,14,17-18H2,1-5H3,(H,32,34). The molecule has 3 aliphatic rings. The second-order valence-corrected chi connectivity index (χ2v) is 11.1. The topological polar surface area (TPSA) is 63.7 Å². The molecule has 1 N–H and O–H groups in total. The molecule has 0 spiro atoms. The number of amides is 1. The molecule has 6 nitrogen and oxygen atoms in total. The van der Waals surface area contributed by atoms with Crippen LogP contribution in [0.2, 0.25) is 0 Å². The first-order chi connectivity index (χ1) is 17.2. The number of fused-ring (bicyclic) bond motifs is 3. The van der Waals surface area contributed by atoms with Gasteiger partial charge in [-0.15, -0.1) is 0 Å². The summed E-state index contributed by atoms with van der Waals surface area (Å²) in [7, 11) is 1.72. The quantitative estimate of drug-likeness (QED) is 0.582. The largest absolute Gasteiger partial charge is 0.493 e. The van der Waals surface area contributed by atoms with Gasteiger partial charge in [-0.1, -0.05) is 6.07 Å². The molecule has 1 amide bonds. The summed E-state index contributed by atoms with van der Waals surface area (Å²) >= 11 is 0. The number of carbonyl (C=O) groups is 1. The highest BCUT2D eigenvalue weighted by Crippen LogP contribution is 2.51. The van der Waals surface area contributed by atoms with Crippen LogP contribution in [0.4, 0.5) is 5.69 Å². The Hall–Kier alpha value is -3.54. The van der Waals surface area contributed by atoms with E-state index in [2.05, 4.69) is 61.2 Å². The molecule has 0 radical (unpaired) electrons. The van der Waals surface area contributed by atoms with Crippen molar-refractivity contribution in [1.29, 1.82) is 0 Å². The van der Waals surface area contributed by atoms with Crippen LogP contribution in [-0.4, -0.2) is 35.7 Å². The molecule has 6 heteroatoms. The Balaban J connectivity index is 1.39. The monoisotopic (exact) mass is 485 g/mol. The van der Waals surface area contributed by atoms with Gasteiger partial charge in [0.05, 0.1) is 13.0 Å². The van der Waals surface area contributed by atoms with Gasteiger partial charge in [0.25, 0.3) is 5.91 Å². The maximum Gasteiger partial charge on any atom is 0.251 e. The lowest BCUT2D eigenvalue weighted by Gasteiger charge is -2.45. The number of allylic oxidation sites excluding steroid dienone is 2. The molecule has 1 aromatic carbocycles. The van der Waals surface area contributed by atoms with Crippen molar-refractivity contribution in [3.63, 3.8) is 0 Å². The fourth-order valence-electron chi connectivity index (χ4n) is 5.55. The van der Waals surface area contributed by atoms with Crippen LogP contribution >= 0.6 is 0 Å². The lowest BCUT2D eigenvalue weighted by molar-refractivity contribution is 0.0678. The van der Waals surface area contributed by atoms with Gasteiger partial charge in [-0.05, 0) is 93.7 Å². The van der Waals surface area contributed by atoms with Gasteiger partial charge in [-0.25, -0.2) is 0 Å². The molecule has 0 bridgehead atoms. The van der Waals surface area contributed by atoms with Gasteiger partial charge < -0.3 is 19.7 Å². The molecule has 1 fully saturated rings. The smallest absolute Gasteiger partial charge is 0.251 e. The normalized spacial score (nSPS) is 21.6. The van der Waals surface area contributed by atoms with Crippen molar-refractivity contribution in [3.8, 4) is 0 Å². The third-order valence-electron chi connectivity index (χ3n) is 7.29. The van der Waals surface area contributed by atoms with E-state index in [0.29, 0.717) is 12.1 Å². The van der Waals surface area contributed by atoms with Crippen LogP contribution in [0.1, 0.15) is 56.5 Å². The van der Waals surface area contributed by atoms with Gasteiger partial charge >= 0.3 is 0 Å². The van der Waals surface area contributed by atoms with Crippen molar-refractivity contribution in [2.75, 3.05) is 18.6 Å². The first kappa shape index (κ1) is 24.2. The number of anilines is 1. The van der Waals surface area contributed by atoms with Crippen LogP contribution in [0.5, 0.6) is 0 Å². The fourth-order valence-corrected chi connectivity index (χ4v) is 5.55. The zero-order valence-corrected chi connectivity index (χ0v) is 21.8. The number of pyridine rings is 1. The molecule has 1 saturated heterocycles. The molecule has 1 unspecified atom stereocenters. The van der Waals surface area contributed by atoms with Gasteiger partial charge in [0, 0.05) is 48.3 Å². The van der Waals surface area contributed by atoms with Crippen molar-refractivity contribution in [1.82, 2.24) is 10.3 Å². The number of carbonyl (C=O) groups excluding carboxylic acids is 1. The number of aromatic nitrogens is 1. The molecule has 36 heavy (non-hydrogen) atoms. The molecule has 1 aromatic heterocycles. The highest BCUT2D eigenvalue weighted by Gasteiger charge is 2.46. The highest BCUT2D eigenvalue weighted by molar-refractivity contribution is 5.95. The Kier molecular flexibility index (Phi) is 6.15. The van der Waals surface area contributed by atoms with Gasteiger partial charge in [-0.3, -0.25) is 9.78 Å². The molecule has 2 aliphatic heterocycles. The maximum absolute atomic E-state index is 12.9. The summed E-state index contributed by atoms with van der Waals surface area (Å²) in [6.45, 7) is 9.32. The zero-order valence-electron chi connectivity index (χ0n) is 21.8. The Morgan fingerprint density at radius 3 is 2.72 bits per heavy atom. The van der Waals surface area contributed by atoms with Gasteiger partial charge in [0.15, 0.2) is 5.76 Å². The molecule has 188 valence electrons. The highest BCUT2D eigenvalue weighted by atomic mass is 16.5. The summed E-state index contributed by atoms with van der Waals surface area (Å²) in [4.78, 5) is 19.3. The third-order valence-corrected chi connectivity index (χ3v) is 7.29. The van der Waals surface area contributed by atoms with Crippen LogP contribution in [0.3, 0.4) is 0 Å². The van der Waals surface area contributed by atoms with E-state index >= 15 is 0 Å². The minimum absolute atomic E-state index is 0.0625. The average molecular weight is 486 g/mol. The number of rotatable bonds is 6. The Labute approximate surface area is 213 Å². The van der Waals surface area contributed by atoms with Crippen molar-refractivity contribution >= 4 is 11.6 Å². The summed E-state index contributed by atoms with van der Waals surface area (Å²) < 4.78 is 12.0. The summed E-state index contributed by atoms with van der Waals surface area (Å²) in [5, 5.41) is 3.06. The van der Waals surface area contributed by atoms with E-state index in [9.17, 15) is 4.79 Å². The predicted octanol–water partition coefficient (Wildman–Crippen LogP) is 5.54. The number of methoxy groups -OCH3 is 1. The van der Waals surface area contributed by atoms with E-state index in [0.717, 1.165) is 42.0 Å². The lowest BCUT2D eigenvalue weighted by Crippen LogP contribution is -2.45. The molecule has 2 aromatic rings. The molecule has 1 aliphatic carbocycles. The van der Waals surface area contributed by atoms with E-state index in [-0.39, 0.29) is 23.0 Å². The van der Waals surface area contributed by atoms with Crippen LogP contribution in [0.25, 0.3) is 0 Å². The van der Waals surface area contributed by atoms with Gasteiger partial charge in [-0.2, -0.15) is 0 Å². The van der Waals surface area contributed by atoms with Crippen molar-refractivity contribution in [3.05, 3.63) is 94.9 Å². The van der Waals surface area contributed by atoms with Crippen molar-refractivity contribution < 1.29 is 14.3 Å². The molecule has 1 atom stereocenters. The Morgan fingerprint density at radius 1 is 1.19 bits per heavy atom. The zero-order chi connectivity index (χ0) is 25.5. The second kappa shape index (κ2) is 9.16. The number of hydrogen-bond acceptors (Lipinski definition) is 5. The number of hydrogen-bond donors (Lipinski definition) is 1. The Morgan fingerprint density at radius 2 is 1.97 bits per heavy atom.